The molecule has 3 N–H and O–H groups in total. The van der Waals surface area contributed by atoms with E-state index < -0.39 is 9.84 Å². The van der Waals surface area contributed by atoms with E-state index in [1.807, 2.05) is 20.8 Å². The smallest absolute Gasteiger partial charge is 0.295 e. The Morgan fingerprint density at radius 3 is 2.51 bits per heavy atom. The molecule has 0 aliphatic heterocycles. The maximum absolute atomic E-state index is 13.6. The van der Waals surface area contributed by atoms with E-state index in [0.717, 1.165) is 24.1 Å². The quantitative estimate of drug-likeness (QED) is 0.314. The van der Waals surface area contributed by atoms with E-state index in [1.54, 1.807) is 23.8 Å². The van der Waals surface area contributed by atoms with Gasteiger partial charge in [0.25, 0.3) is 5.56 Å². The molecule has 1 aliphatic carbocycles. The minimum Gasteiger partial charge on any atom is -0.368 e. The van der Waals surface area contributed by atoms with Gasteiger partial charge in [-0.05, 0) is 44.7 Å². The highest BCUT2D eigenvalue weighted by Crippen LogP contribution is 2.43. The molecule has 39 heavy (non-hydrogen) atoms. The van der Waals surface area contributed by atoms with Gasteiger partial charge < -0.3 is 11.1 Å². The average molecular weight is 550 g/mol. The van der Waals surface area contributed by atoms with Gasteiger partial charge in [-0.15, -0.1) is 0 Å². The summed E-state index contributed by atoms with van der Waals surface area (Å²) in [6.07, 6.45) is 5.84. The second-order valence-corrected chi connectivity index (χ2v) is 12.0. The molecule has 0 aromatic carbocycles. The summed E-state index contributed by atoms with van der Waals surface area (Å²) in [7, 11) is -3.39. The summed E-state index contributed by atoms with van der Waals surface area (Å²) >= 11 is 0. The zero-order valence-corrected chi connectivity index (χ0v) is 23.2. The number of nitrogen functional groups attached to an aromatic ring is 1. The van der Waals surface area contributed by atoms with Crippen molar-refractivity contribution in [2.75, 3.05) is 16.8 Å². The highest BCUT2D eigenvalue weighted by molar-refractivity contribution is 7.91. The van der Waals surface area contributed by atoms with Crippen LogP contribution >= 0.6 is 0 Å². The largest absolute Gasteiger partial charge is 0.368 e. The van der Waals surface area contributed by atoms with E-state index in [9.17, 15) is 13.2 Å². The lowest BCUT2D eigenvalue weighted by Gasteiger charge is -2.18. The molecule has 1 fully saturated rings. The van der Waals surface area contributed by atoms with Crippen LogP contribution < -0.4 is 16.6 Å². The molecule has 1 aliphatic rings. The number of aromatic nitrogens is 7. The molecule has 1 atom stereocenters. The number of nitrogens with one attached hydrogen (secondary N) is 1. The minimum atomic E-state index is -3.39. The van der Waals surface area contributed by atoms with E-state index in [1.165, 1.54) is 12.3 Å². The molecule has 0 saturated heterocycles. The Hall–Kier alpha value is -4.00. The van der Waals surface area contributed by atoms with Crippen LogP contribution in [0.25, 0.3) is 22.6 Å². The first-order chi connectivity index (χ1) is 18.6. The molecule has 5 rings (SSSR count). The molecule has 0 bridgehead atoms. The van der Waals surface area contributed by atoms with Gasteiger partial charge in [0.05, 0.1) is 28.9 Å². The summed E-state index contributed by atoms with van der Waals surface area (Å²) in [6.45, 7) is 7.62. The van der Waals surface area contributed by atoms with Crippen molar-refractivity contribution in [2.45, 2.75) is 70.5 Å². The number of nitrogens with zero attached hydrogens (tertiary/aromatic N) is 7. The van der Waals surface area contributed by atoms with Crippen LogP contribution in [0.5, 0.6) is 0 Å². The highest BCUT2D eigenvalue weighted by atomic mass is 32.2. The zero-order chi connectivity index (χ0) is 27.9. The average Bonchev–Trinajstić information content (AvgIpc) is 3.77. The van der Waals surface area contributed by atoms with Crippen LogP contribution in [0.15, 0.2) is 34.3 Å². The SMILES string of the molecule is CC[C@@H](C)n1c(=O)c(NCc2ccc(S(=O)(=O)CC)nc2)nc2cnc(-c3c(C)nc(N)nc3C3CC3)nc21. The molecule has 0 spiro atoms. The maximum Gasteiger partial charge on any atom is 0.295 e. The predicted octanol–water partition coefficient (Wildman–Crippen LogP) is 3.18. The Bertz CT molecular complexity index is 1720. The van der Waals surface area contributed by atoms with Gasteiger partial charge in [0.1, 0.15) is 5.52 Å². The number of aryl methyl sites for hydroxylation is 1. The molecule has 4 aromatic heterocycles. The summed E-state index contributed by atoms with van der Waals surface area (Å²) < 4.78 is 25.7. The van der Waals surface area contributed by atoms with Gasteiger partial charge in [0.2, 0.25) is 5.95 Å². The van der Waals surface area contributed by atoms with Crippen molar-refractivity contribution in [1.29, 1.82) is 0 Å². The molecule has 1 saturated carbocycles. The third-order valence-corrected chi connectivity index (χ3v) is 8.58. The fourth-order valence-electron chi connectivity index (χ4n) is 4.41. The summed E-state index contributed by atoms with van der Waals surface area (Å²) in [4.78, 5) is 40.5. The predicted molar refractivity (Wildman–Crippen MR) is 148 cm³/mol. The van der Waals surface area contributed by atoms with Crippen LogP contribution in [0.4, 0.5) is 11.8 Å². The van der Waals surface area contributed by atoms with Crippen molar-refractivity contribution >= 4 is 32.8 Å². The monoisotopic (exact) mass is 549 g/mol. The molecule has 0 amide bonds. The topological polar surface area (TPSA) is 172 Å². The number of pyridine rings is 1. The van der Waals surface area contributed by atoms with Gasteiger partial charge in [-0.2, -0.15) is 0 Å². The fraction of sp³-hybridized carbons (Fsp3) is 0.423. The third kappa shape index (κ3) is 5.18. The van der Waals surface area contributed by atoms with Crippen LogP contribution in [-0.2, 0) is 16.4 Å². The standard InChI is InChI=1S/C26H31N9O3S/c1-5-14(3)35-24-18(13-30-22(34-24)20-15(4)31-26(27)33-21(20)17-8-9-17)32-23(25(35)36)29-12-16-7-10-19(28-11-16)39(37,38)6-2/h7,10-11,13-14,17H,5-6,8-9,12H2,1-4H3,(H,29,32)(H2,27,31,33)/t14-/m1/s1. The van der Waals surface area contributed by atoms with E-state index >= 15 is 0 Å². The van der Waals surface area contributed by atoms with E-state index in [-0.39, 0.29) is 40.7 Å². The number of nitrogens with two attached hydrogens (primary N) is 1. The number of hydrogen-bond donors (Lipinski definition) is 2. The van der Waals surface area contributed by atoms with Crippen molar-refractivity contribution in [1.82, 2.24) is 34.5 Å². The second kappa shape index (κ2) is 10.3. The van der Waals surface area contributed by atoms with Gasteiger partial charge in [0.15, 0.2) is 32.2 Å². The van der Waals surface area contributed by atoms with Gasteiger partial charge in [-0.25, -0.2) is 38.3 Å². The second-order valence-electron chi connectivity index (χ2n) is 9.76. The van der Waals surface area contributed by atoms with Crippen LogP contribution in [0.3, 0.4) is 0 Å². The number of hydrogen-bond acceptors (Lipinski definition) is 11. The molecule has 13 heteroatoms. The van der Waals surface area contributed by atoms with Crippen molar-refractivity contribution in [3.05, 3.63) is 51.8 Å². The normalized spacial score (nSPS) is 14.5. The van der Waals surface area contributed by atoms with Crippen LogP contribution in [0.2, 0.25) is 0 Å². The fourth-order valence-corrected chi connectivity index (χ4v) is 5.19. The van der Waals surface area contributed by atoms with E-state index in [2.05, 4.69) is 30.2 Å². The summed E-state index contributed by atoms with van der Waals surface area (Å²) in [6, 6.07) is 2.98. The first-order valence-electron chi connectivity index (χ1n) is 13.0. The Labute approximate surface area is 226 Å². The summed E-state index contributed by atoms with van der Waals surface area (Å²) in [5.41, 5.74) is 9.50. The summed E-state index contributed by atoms with van der Waals surface area (Å²) in [5.74, 6) is 1.09. The Morgan fingerprint density at radius 2 is 1.87 bits per heavy atom. The van der Waals surface area contributed by atoms with Crippen LogP contribution in [0.1, 0.15) is 68.9 Å². The zero-order valence-electron chi connectivity index (χ0n) is 22.3. The van der Waals surface area contributed by atoms with Gasteiger partial charge in [-0.1, -0.05) is 19.9 Å². The number of fused-ring (bicyclic) bond motifs is 1. The first kappa shape index (κ1) is 26.6. The molecule has 4 heterocycles. The lowest BCUT2D eigenvalue weighted by Crippen LogP contribution is -2.28. The van der Waals surface area contributed by atoms with Crippen molar-refractivity contribution < 1.29 is 8.42 Å². The van der Waals surface area contributed by atoms with Crippen LogP contribution in [0, 0.1) is 6.92 Å². The van der Waals surface area contributed by atoms with Gasteiger partial charge >= 0.3 is 0 Å². The summed E-state index contributed by atoms with van der Waals surface area (Å²) in [5, 5.41) is 3.11. The van der Waals surface area contributed by atoms with Gasteiger partial charge in [0, 0.05) is 24.7 Å². The number of anilines is 2. The Morgan fingerprint density at radius 1 is 1.10 bits per heavy atom. The third-order valence-electron chi connectivity index (χ3n) is 6.94. The maximum atomic E-state index is 13.6. The molecule has 12 nitrogen and oxygen atoms in total. The number of sulfone groups is 1. The molecule has 0 radical (unpaired) electrons. The molecule has 4 aromatic rings. The molecular weight excluding hydrogens is 518 g/mol. The Balaban J connectivity index is 1.54. The lowest BCUT2D eigenvalue weighted by molar-refractivity contribution is 0.526. The van der Waals surface area contributed by atoms with Crippen LogP contribution in [-0.4, -0.2) is 48.6 Å². The highest BCUT2D eigenvalue weighted by Gasteiger charge is 2.31. The lowest BCUT2D eigenvalue weighted by atomic mass is 10.1. The van der Waals surface area contributed by atoms with Gasteiger partial charge in [-0.3, -0.25) is 9.36 Å². The molecule has 0 unspecified atom stereocenters. The van der Waals surface area contributed by atoms with E-state index in [4.69, 9.17) is 10.7 Å². The van der Waals surface area contributed by atoms with E-state index in [0.29, 0.717) is 40.6 Å². The molecular formula is C26H31N9O3S. The van der Waals surface area contributed by atoms with Crippen molar-refractivity contribution in [2.24, 2.45) is 0 Å². The van der Waals surface area contributed by atoms with Crippen molar-refractivity contribution in [3.63, 3.8) is 0 Å². The van der Waals surface area contributed by atoms with Crippen molar-refractivity contribution in [3.8, 4) is 11.4 Å². The molecule has 204 valence electrons. The Kier molecular flexibility index (Phi) is 7.02. The number of rotatable bonds is 9. The first-order valence-corrected chi connectivity index (χ1v) is 14.6. The minimum absolute atomic E-state index is 0.0235.